The van der Waals surface area contributed by atoms with Crippen molar-refractivity contribution in [2.75, 3.05) is 27.6 Å². The highest BCUT2D eigenvalue weighted by atomic mass is 16.7. The minimum atomic E-state index is 0.219. The van der Waals surface area contributed by atoms with Crippen LogP contribution >= 0.6 is 0 Å². The van der Waals surface area contributed by atoms with Gasteiger partial charge in [-0.05, 0) is 19.1 Å². The van der Waals surface area contributed by atoms with Gasteiger partial charge >= 0.3 is 0 Å². The normalized spacial score (nSPS) is 9.80. The summed E-state index contributed by atoms with van der Waals surface area (Å²) in [6, 6.07) is 5.39. The number of hydrogen-bond acceptors (Lipinski definition) is 4. The first-order valence-corrected chi connectivity index (χ1v) is 4.74. The molecule has 0 unspecified atom stereocenters. The first-order valence-electron chi connectivity index (χ1n) is 4.74. The van der Waals surface area contributed by atoms with Gasteiger partial charge in [-0.1, -0.05) is 0 Å². The van der Waals surface area contributed by atoms with Gasteiger partial charge in [0.2, 0.25) is 0 Å². The van der Waals surface area contributed by atoms with Crippen molar-refractivity contribution in [3.63, 3.8) is 0 Å². The van der Waals surface area contributed by atoms with Crippen LogP contribution in [0.25, 0.3) is 0 Å². The van der Waals surface area contributed by atoms with Crippen molar-refractivity contribution in [2.24, 2.45) is 0 Å². The summed E-state index contributed by atoms with van der Waals surface area (Å²) in [7, 11) is 3.17. The lowest BCUT2D eigenvalue weighted by molar-refractivity contribution is 0.0509. The Morgan fingerprint density at radius 1 is 1.07 bits per heavy atom. The van der Waals surface area contributed by atoms with Crippen LogP contribution in [0.4, 0.5) is 0 Å². The Hall–Kier alpha value is -1.42. The van der Waals surface area contributed by atoms with E-state index in [4.69, 9.17) is 18.9 Å². The molecule has 15 heavy (non-hydrogen) atoms. The Bertz CT molecular complexity index is 299. The van der Waals surface area contributed by atoms with E-state index in [9.17, 15) is 0 Å². The third-order valence-corrected chi connectivity index (χ3v) is 1.78. The number of ether oxygens (including phenoxy) is 4. The van der Waals surface area contributed by atoms with E-state index < -0.39 is 0 Å². The maximum absolute atomic E-state index is 5.38. The van der Waals surface area contributed by atoms with Gasteiger partial charge in [-0.25, -0.2) is 0 Å². The predicted molar refractivity (Wildman–Crippen MR) is 56.7 cm³/mol. The lowest BCUT2D eigenvalue weighted by Gasteiger charge is -2.11. The first kappa shape index (κ1) is 11.7. The topological polar surface area (TPSA) is 36.9 Å². The van der Waals surface area contributed by atoms with Crippen LogP contribution in [0.15, 0.2) is 18.2 Å². The highest BCUT2D eigenvalue weighted by molar-refractivity contribution is 5.45. The van der Waals surface area contributed by atoms with Crippen molar-refractivity contribution in [3.8, 4) is 17.2 Å². The Kier molecular flexibility index (Phi) is 4.77. The Morgan fingerprint density at radius 2 is 1.87 bits per heavy atom. The third-order valence-electron chi connectivity index (χ3n) is 1.78. The quantitative estimate of drug-likeness (QED) is 0.676. The molecule has 0 fully saturated rings. The molecule has 0 atom stereocenters. The molecule has 0 bridgehead atoms. The molecule has 0 aliphatic rings. The van der Waals surface area contributed by atoms with Crippen LogP contribution in [0.2, 0.25) is 0 Å². The van der Waals surface area contributed by atoms with E-state index in [1.165, 1.54) is 0 Å². The molecule has 0 amide bonds. The number of rotatable bonds is 6. The van der Waals surface area contributed by atoms with E-state index >= 15 is 0 Å². The van der Waals surface area contributed by atoms with Gasteiger partial charge in [-0.3, -0.25) is 0 Å². The minimum Gasteiger partial charge on any atom is -0.493 e. The third kappa shape index (κ3) is 3.32. The average molecular weight is 212 g/mol. The van der Waals surface area contributed by atoms with E-state index in [0.29, 0.717) is 23.9 Å². The maximum Gasteiger partial charge on any atom is 0.188 e. The standard InChI is InChI=1S/C11H16O4/c1-4-14-10-6-5-9(15-8-12-2)7-11(10)13-3/h5-7H,4,8H2,1-3H3. The smallest absolute Gasteiger partial charge is 0.188 e. The average Bonchev–Trinajstić information content (AvgIpc) is 2.28. The second-order valence-corrected chi connectivity index (χ2v) is 2.80. The van der Waals surface area contributed by atoms with E-state index in [2.05, 4.69) is 0 Å². The molecule has 0 heterocycles. The van der Waals surface area contributed by atoms with Gasteiger partial charge in [0.15, 0.2) is 18.3 Å². The summed E-state index contributed by atoms with van der Waals surface area (Å²) in [5.74, 6) is 2.06. The summed E-state index contributed by atoms with van der Waals surface area (Å²) in [6.45, 7) is 2.75. The van der Waals surface area contributed by atoms with Crippen LogP contribution in [0, 0.1) is 0 Å². The predicted octanol–water partition coefficient (Wildman–Crippen LogP) is 2.08. The fourth-order valence-corrected chi connectivity index (χ4v) is 1.14. The number of benzene rings is 1. The summed E-state index contributed by atoms with van der Waals surface area (Å²) < 4.78 is 20.6. The molecule has 4 heteroatoms. The molecule has 4 nitrogen and oxygen atoms in total. The Balaban J connectivity index is 2.77. The summed E-state index contributed by atoms with van der Waals surface area (Å²) >= 11 is 0. The Labute approximate surface area is 89.7 Å². The van der Waals surface area contributed by atoms with Crippen molar-refractivity contribution >= 4 is 0 Å². The van der Waals surface area contributed by atoms with Gasteiger partial charge in [0.05, 0.1) is 13.7 Å². The van der Waals surface area contributed by atoms with Crippen LogP contribution in [0.5, 0.6) is 17.2 Å². The van der Waals surface area contributed by atoms with Crippen LogP contribution in [0.1, 0.15) is 6.92 Å². The molecule has 1 rings (SSSR count). The molecule has 0 saturated heterocycles. The van der Waals surface area contributed by atoms with Crippen molar-refractivity contribution in [1.82, 2.24) is 0 Å². The lowest BCUT2D eigenvalue weighted by atomic mass is 10.3. The zero-order valence-corrected chi connectivity index (χ0v) is 9.28. The van der Waals surface area contributed by atoms with E-state index in [1.807, 2.05) is 19.1 Å². The van der Waals surface area contributed by atoms with Crippen molar-refractivity contribution in [3.05, 3.63) is 18.2 Å². The molecule has 84 valence electrons. The number of methoxy groups -OCH3 is 2. The van der Waals surface area contributed by atoms with Crippen molar-refractivity contribution in [2.45, 2.75) is 6.92 Å². The van der Waals surface area contributed by atoms with Gasteiger partial charge in [0.25, 0.3) is 0 Å². The highest BCUT2D eigenvalue weighted by Gasteiger charge is 2.05. The van der Waals surface area contributed by atoms with Gasteiger partial charge < -0.3 is 18.9 Å². The molecule has 0 aliphatic heterocycles. The molecule has 0 radical (unpaired) electrons. The molecule has 1 aromatic carbocycles. The first-order chi connectivity index (χ1) is 7.31. The van der Waals surface area contributed by atoms with Crippen molar-refractivity contribution < 1.29 is 18.9 Å². The van der Waals surface area contributed by atoms with E-state index in [1.54, 1.807) is 20.3 Å². The molecule has 1 aromatic rings. The molecule has 0 saturated carbocycles. The summed E-state index contributed by atoms with van der Waals surface area (Å²) in [5, 5.41) is 0. The Morgan fingerprint density at radius 3 is 2.47 bits per heavy atom. The highest BCUT2D eigenvalue weighted by Crippen LogP contribution is 2.31. The monoisotopic (exact) mass is 212 g/mol. The molecule has 0 N–H and O–H groups in total. The summed E-state index contributed by atoms with van der Waals surface area (Å²) in [6.07, 6.45) is 0. The number of hydrogen-bond donors (Lipinski definition) is 0. The second kappa shape index (κ2) is 6.14. The van der Waals surface area contributed by atoms with E-state index in [0.717, 1.165) is 0 Å². The fraction of sp³-hybridized carbons (Fsp3) is 0.455. The minimum absolute atomic E-state index is 0.219. The largest absolute Gasteiger partial charge is 0.493 e. The van der Waals surface area contributed by atoms with Gasteiger partial charge in [0, 0.05) is 13.2 Å². The maximum atomic E-state index is 5.38. The molecule has 0 aliphatic carbocycles. The van der Waals surface area contributed by atoms with Crippen molar-refractivity contribution in [1.29, 1.82) is 0 Å². The van der Waals surface area contributed by atoms with Gasteiger partial charge in [0.1, 0.15) is 5.75 Å². The summed E-state index contributed by atoms with van der Waals surface area (Å²) in [4.78, 5) is 0. The van der Waals surface area contributed by atoms with Gasteiger partial charge in [-0.15, -0.1) is 0 Å². The molecule has 0 aromatic heterocycles. The van der Waals surface area contributed by atoms with Crippen LogP contribution in [0.3, 0.4) is 0 Å². The summed E-state index contributed by atoms with van der Waals surface area (Å²) in [5.41, 5.74) is 0. The molecular weight excluding hydrogens is 196 g/mol. The van der Waals surface area contributed by atoms with Crippen LogP contribution in [-0.2, 0) is 4.74 Å². The molecular formula is C11H16O4. The fourth-order valence-electron chi connectivity index (χ4n) is 1.14. The molecule has 0 spiro atoms. The van der Waals surface area contributed by atoms with E-state index in [-0.39, 0.29) is 6.79 Å². The zero-order chi connectivity index (χ0) is 11.1. The zero-order valence-electron chi connectivity index (χ0n) is 9.28. The SMILES string of the molecule is CCOc1ccc(OCOC)cc1OC. The van der Waals surface area contributed by atoms with Crippen LogP contribution < -0.4 is 14.2 Å². The lowest BCUT2D eigenvalue weighted by Crippen LogP contribution is -2.00. The van der Waals surface area contributed by atoms with Crippen LogP contribution in [-0.4, -0.2) is 27.6 Å². The second-order valence-electron chi connectivity index (χ2n) is 2.80. The van der Waals surface area contributed by atoms with Gasteiger partial charge in [-0.2, -0.15) is 0 Å².